The van der Waals surface area contributed by atoms with Crippen LogP contribution in [0, 0.1) is 6.92 Å². The summed E-state index contributed by atoms with van der Waals surface area (Å²) in [5.74, 6) is 2.44. The predicted octanol–water partition coefficient (Wildman–Crippen LogP) is 3.01. The van der Waals surface area contributed by atoms with Gasteiger partial charge in [-0.15, -0.1) is 11.8 Å². The number of rotatable bonds is 2. The molecule has 1 nitrogen and oxygen atoms in total. The molecular weight excluding hydrogens is 198 g/mol. The molecule has 1 aliphatic heterocycles. The molecule has 0 aliphatic carbocycles. The van der Waals surface area contributed by atoms with E-state index in [2.05, 4.69) is 35.5 Å². The van der Waals surface area contributed by atoms with Crippen LogP contribution in [-0.2, 0) is 0 Å². The largest absolute Gasteiger partial charge is 0.236 e. The van der Waals surface area contributed by atoms with Crippen molar-refractivity contribution in [1.29, 1.82) is 0 Å². The summed E-state index contributed by atoms with van der Waals surface area (Å²) in [7, 11) is 0. The van der Waals surface area contributed by atoms with E-state index >= 15 is 0 Å². The van der Waals surface area contributed by atoms with Crippen molar-refractivity contribution in [2.75, 3.05) is 18.2 Å². The summed E-state index contributed by atoms with van der Waals surface area (Å²) in [5, 5.41) is 0. The molecule has 2 rings (SSSR count). The predicted molar refractivity (Wildman–Crippen MR) is 61.1 cm³/mol. The lowest BCUT2D eigenvalue weighted by Gasteiger charge is -2.11. The van der Waals surface area contributed by atoms with E-state index in [-0.39, 0.29) is 0 Å². The number of hydrogen-bond acceptors (Lipinski definition) is 3. The quantitative estimate of drug-likeness (QED) is 0.692. The molecule has 1 aromatic rings. The van der Waals surface area contributed by atoms with Gasteiger partial charge in [-0.2, -0.15) is 0 Å². The van der Waals surface area contributed by atoms with Crippen LogP contribution in [0.3, 0.4) is 0 Å². The highest BCUT2D eigenvalue weighted by atomic mass is 32.2. The Labute approximate surface area is 88.0 Å². The van der Waals surface area contributed by atoms with Gasteiger partial charge in [-0.05, 0) is 31.0 Å². The van der Waals surface area contributed by atoms with Crippen LogP contribution in [0.2, 0.25) is 0 Å². The van der Waals surface area contributed by atoms with E-state index in [1.54, 1.807) is 0 Å². The molecule has 0 spiro atoms. The Balaban J connectivity index is 1.97. The fourth-order valence-corrected chi connectivity index (χ4v) is 3.32. The standard InChI is InChI=1S/C10H13NS2/c1-9-2-4-10(5-3-9)13-11-6-7-12-8-11/h2-5H,6-8H2,1H3. The summed E-state index contributed by atoms with van der Waals surface area (Å²) in [6.07, 6.45) is 0. The number of thioether (sulfide) groups is 1. The van der Waals surface area contributed by atoms with Gasteiger partial charge in [-0.3, -0.25) is 0 Å². The Morgan fingerprint density at radius 1 is 1.31 bits per heavy atom. The molecule has 0 amide bonds. The van der Waals surface area contributed by atoms with Gasteiger partial charge >= 0.3 is 0 Å². The van der Waals surface area contributed by atoms with Gasteiger partial charge in [0, 0.05) is 17.2 Å². The average Bonchev–Trinajstić information content (AvgIpc) is 2.62. The van der Waals surface area contributed by atoms with E-state index in [9.17, 15) is 0 Å². The van der Waals surface area contributed by atoms with Gasteiger partial charge in [0.15, 0.2) is 0 Å². The molecule has 1 heterocycles. The summed E-state index contributed by atoms with van der Waals surface area (Å²) < 4.78 is 2.41. The van der Waals surface area contributed by atoms with Crippen LogP contribution >= 0.6 is 23.7 Å². The molecule has 0 N–H and O–H groups in total. The minimum Gasteiger partial charge on any atom is -0.236 e. The zero-order valence-electron chi connectivity index (χ0n) is 7.69. The van der Waals surface area contributed by atoms with E-state index in [1.165, 1.54) is 28.6 Å². The molecular formula is C10H13NS2. The Bertz CT molecular complexity index is 265. The Hall–Kier alpha value is -0.120. The molecule has 1 aromatic carbocycles. The highest BCUT2D eigenvalue weighted by Gasteiger charge is 2.12. The van der Waals surface area contributed by atoms with Gasteiger partial charge in [0.25, 0.3) is 0 Å². The summed E-state index contributed by atoms with van der Waals surface area (Å²) >= 11 is 3.88. The normalized spacial score (nSPS) is 17.9. The first kappa shape index (κ1) is 9.44. The first-order valence-electron chi connectivity index (χ1n) is 4.42. The summed E-state index contributed by atoms with van der Waals surface area (Å²) in [6.45, 7) is 3.34. The zero-order chi connectivity index (χ0) is 9.10. The van der Waals surface area contributed by atoms with Crippen LogP contribution in [0.5, 0.6) is 0 Å². The van der Waals surface area contributed by atoms with Crippen molar-refractivity contribution in [2.45, 2.75) is 11.8 Å². The van der Waals surface area contributed by atoms with Crippen molar-refractivity contribution in [1.82, 2.24) is 4.31 Å². The first-order chi connectivity index (χ1) is 6.34. The molecule has 0 saturated carbocycles. The van der Waals surface area contributed by atoms with Crippen LogP contribution in [0.1, 0.15) is 5.56 Å². The average molecular weight is 211 g/mol. The molecule has 70 valence electrons. The van der Waals surface area contributed by atoms with Crippen molar-refractivity contribution >= 4 is 23.7 Å². The summed E-state index contributed by atoms with van der Waals surface area (Å²) in [6, 6.07) is 8.74. The van der Waals surface area contributed by atoms with Gasteiger partial charge < -0.3 is 0 Å². The lowest BCUT2D eigenvalue weighted by molar-refractivity contribution is 0.612. The van der Waals surface area contributed by atoms with Crippen LogP contribution < -0.4 is 0 Å². The van der Waals surface area contributed by atoms with Crippen molar-refractivity contribution in [3.05, 3.63) is 29.8 Å². The van der Waals surface area contributed by atoms with Gasteiger partial charge in [0.2, 0.25) is 0 Å². The molecule has 13 heavy (non-hydrogen) atoms. The third-order valence-corrected chi connectivity index (χ3v) is 4.16. The van der Waals surface area contributed by atoms with Crippen molar-refractivity contribution in [3.63, 3.8) is 0 Å². The fourth-order valence-electron chi connectivity index (χ4n) is 1.22. The van der Waals surface area contributed by atoms with Gasteiger partial charge in [0.1, 0.15) is 0 Å². The molecule has 0 bridgehead atoms. The van der Waals surface area contributed by atoms with Crippen LogP contribution in [-0.4, -0.2) is 22.5 Å². The maximum Gasteiger partial charge on any atom is 0.0550 e. The molecule has 0 unspecified atom stereocenters. The third-order valence-electron chi connectivity index (χ3n) is 1.98. The minimum atomic E-state index is 1.17. The third kappa shape index (κ3) is 2.66. The van der Waals surface area contributed by atoms with Gasteiger partial charge in [0.05, 0.1) is 5.88 Å². The minimum absolute atomic E-state index is 1.17. The first-order valence-corrected chi connectivity index (χ1v) is 6.35. The van der Waals surface area contributed by atoms with E-state index in [4.69, 9.17) is 0 Å². The van der Waals surface area contributed by atoms with E-state index in [1.807, 2.05) is 23.7 Å². The lowest BCUT2D eigenvalue weighted by atomic mass is 10.2. The highest BCUT2D eigenvalue weighted by Crippen LogP contribution is 2.28. The van der Waals surface area contributed by atoms with Crippen LogP contribution in [0.4, 0.5) is 0 Å². The van der Waals surface area contributed by atoms with Crippen LogP contribution in [0.15, 0.2) is 29.2 Å². The topological polar surface area (TPSA) is 3.24 Å². The zero-order valence-corrected chi connectivity index (χ0v) is 9.33. The van der Waals surface area contributed by atoms with E-state index in [0.717, 1.165) is 0 Å². The smallest absolute Gasteiger partial charge is 0.0550 e. The molecule has 1 saturated heterocycles. The van der Waals surface area contributed by atoms with E-state index in [0.29, 0.717) is 0 Å². The molecule has 1 aliphatic rings. The molecule has 0 radical (unpaired) electrons. The lowest BCUT2D eigenvalue weighted by Crippen LogP contribution is -2.08. The highest BCUT2D eigenvalue weighted by molar-refractivity contribution is 8.02. The monoisotopic (exact) mass is 211 g/mol. The Morgan fingerprint density at radius 3 is 2.69 bits per heavy atom. The van der Waals surface area contributed by atoms with Crippen molar-refractivity contribution < 1.29 is 0 Å². The Kier molecular flexibility index (Phi) is 3.19. The summed E-state index contributed by atoms with van der Waals surface area (Å²) in [5.41, 5.74) is 1.33. The van der Waals surface area contributed by atoms with Gasteiger partial charge in [-0.1, -0.05) is 17.7 Å². The fraction of sp³-hybridized carbons (Fsp3) is 0.400. The maximum atomic E-state index is 2.41. The second kappa shape index (κ2) is 4.40. The number of benzene rings is 1. The molecule has 0 atom stereocenters. The molecule has 1 fully saturated rings. The number of nitrogens with zero attached hydrogens (tertiary/aromatic N) is 1. The van der Waals surface area contributed by atoms with Crippen LogP contribution in [0.25, 0.3) is 0 Å². The molecule has 0 aromatic heterocycles. The number of aryl methyl sites for hydroxylation is 1. The maximum absolute atomic E-state index is 2.41. The van der Waals surface area contributed by atoms with E-state index < -0.39 is 0 Å². The van der Waals surface area contributed by atoms with Crippen molar-refractivity contribution in [3.8, 4) is 0 Å². The number of hydrogen-bond donors (Lipinski definition) is 0. The summed E-state index contributed by atoms with van der Waals surface area (Å²) in [4.78, 5) is 1.35. The second-order valence-electron chi connectivity index (χ2n) is 3.15. The SMILES string of the molecule is Cc1ccc(SN2CCSC2)cc1. The van der Waals surface area contributed by atoms with Crippen molar-refractivity contribution in [2.24, 2.45) is 0 Å². The van der Waals surface area contributed by atoms with Gasteiger partial charge in [-0.25, -0.2) is 4.31 Å². The molecule has 3 heteroatoms. The second-order valence-corrected chi connectivity index (χ2v) is 5.39. The Morgan fingerprint density at radius 2 is 2.08 bits per heavy atom.